The van der Waals surface area contributed by atoms with Crippen LogP contribution in [0.4, 0.5) is 0 Å². The summed E-state index contributed by atoms with van der Waals surface area (Å²) in [4.78, 5) is 0. The van der Waals surface area contributed by atoms with Gasteiger partial charge in [-0.3, -0.25) is 0 Å². The quantitative estimate of drug-likeness (QED) is 0.456. The molecule has 0 fully saturated rings. The van der Waals surface area contributed by atoms with E-state index in [9.17, 15) is 0 Å². The van der Waals surface area contributed by atoms with E-state index in [0.717, 1.165) is 0 Å². The fraction of sp³-hybridized carbons (Fsp3) is 0.520. The van der Waals surface area contributed by atoms with Crippen molar-refractivity contribution in [2.75, 3.05) is 0 Å². The number of unbranched alkanes of at least 4 members (excludes halogenated alkanes) is 1. The van der Waals surface area contributed by atoms with Gasteiger partial charge in [0, 0.05) is 5.41 Å². The highest BCUT2D eigenvalue weighted by atomic mass is 14.5. The SMILES string of the molecule is CC(C)(C)CCCCC(C)(C)C(C)(c1ccccc1)c1ccccc1. The van der Waals surface area contributed by atoms with Crippen molar-refractivity contribution in [3.05, 3.63) is 71.8 Å². The molecular formula is C25H36. The third-order valence-electron chi connectivity index (χ3n) is 6.03. The Morgan fingerprint density at radius 1 is 0.560 bits per heavy atom. The van der Waals surface area contributed by atoms with Crippen molar-refractivity contribution in [3.8, 4) is 0 Å². The predicted molar refractivity (Wildman–Crippen MR) is 111 cm³/mol. The minimum Gasteiger partial charge on any atom is -0.0622 e. The molecule has 0 nitrogen and oxygen atoms in total. The Balaban J connectivity index is 2.29. The first-order valence-corrected chi connectivity index (χ1v) is 9.78. The van der Waals surface area contributed by atoms with Crippen LogP contribution in [0.15, 0.2) is 60.7 Å². The average Bonchev–Trinajstić information content (AvgIpc) is 2.58. The van der Waals surface area contributed by atoms with Crippen LogP contribution < -0.4 is 0 Å². The van der Waals surface area contributed by atoms with Gasteiger partial charge in [0.05, 0.1) is 0 Å². The first-order chi connectivity index (χ1) is 11.7. The molecule has 0 heterocycles. The van der Waals surface area contributed by atoms with E-state index >= 15 is 0 Å². The molecule has 0 radical (unpaired) electrons. The molecule has 0 saturated heterocycles. The molecular weight excluding hydrogens is 300 g/mol. The Bertz CT molecular complexity index is 589. The fourth-order valence-corrected chi connectivity index (χ4v) is 3.96. The third kappa shape index (κ3) is 4.75. The second-order valence-electron chi connectivity index (χ2n) is 9.51. The van der Waals surface area contributed by atoms with Gasteiger partial charge in [0.25, 0.3) is 0 Å². The van der Waals surface area contributed by atoms with E-state index in [0.29, 0.717) is 5.41 Å². The molecule has 0 aliphatic carbocycles. The van der Waals surface area contributed by atoms with Crippen molar-refractivity contribution in [3.63, 3.8) is 0 Å². The average molecular weight is 337 g/mol. The Hall–Kier alpha value is -1.56. The Kier molecular flexibility index (Phi) is 6.14. The zero-order chi connectivity index (χ0) is 18.6. The first-order valence-electron chi connectivity index (χ1n) is 9.78. The lowest BCUT2D eigenvalue weighted by Crippen LogP contribution is -2.40. The molecule has 0 N–H and O–H groups in total. The summed E-state index contributed by atoms with van der Waals surface area (Å²) in [5, 5.41) is 0. The zero-order valence-corrected chi connectivity index (χ0v) is 17.1. The fourth-order valence-electron chi connectivity index (χ4n) is 3.96. The number of hydrogen-bond donors (Lipinski definition) is 0. The molecule has 2 rings (SSSR count). The van der Waals surface area contributed by atoms with Crippen LogP contribution in [0.1, 0.15) is 78.4 Å². The van der Waals surface area contributed by atoms with Crippen molar-refractivity contribution in [2.45, 2.75) is 72.6 Å². The highest BCUT2D eigenvalue weighted by Gasteiger charge is 2.43. The molecule has 2 aromatic rings. The van der Waals surface area contributed by atoms with E-state index in [1.54, 1.807) is 0 Å². The van der Waals surface area contributed by atoms with E-state index < -0.39 is 0 Å². The van der Waals surface area contributed by atoms with Gasteiger partial charge in [0.15, 0.2) is 0 Å². The predicted octanol–water partition coefficient (Wildman–Crippen LogP) is 7.63. The number of hydrogen-bond acceptors (Lipinski definition) is 0. The summed E-state index contributed by atoms with van der Waals surface area (Å²) in [5.41, 5.74) is 3.47. The van der Waals surface area contributed by atoms with Gasteiger partial charge in [-0.2, -0.15) is 0 Å². The van der Waals surface area contributed by atoms with Crippen LogP contribution in [0.5, 0.6) is 0 Å². The molecule has 25 heavy (non-hydrogen) atoms. The lowest BCUT2D eigenvalue weighted by molar-refractivity contribution is 0.190. The monoisotopic (exact) mass is 336 g/mol. The van der Waals surface area contributed by atoms with Crippen LogP contribution >= 0.6 is 0 Å². The van der Waals surface area contributed by atoms with Gasteiger partial charge in [0.2, 0.25) is 0 Å². The summed E-state index contributed by atoms with van der Waals surface area (Å²) in [6.07, 6.45) is 5.14. The standard InChI is InChI=1S/C25H36/c1-23(2,3)19-13-14-20-24(4,5)25(6,21-15-9-7-10-16-21)22-17-11-8-12-18-22/h7-12,15-18H,13-14,19-20H2,1-6H3. The van der Waals surface area contributed by atoms with Gasteiger partial charge >= 0.3 is 0 Å². The van der Waals surface area contributed by atoms with Gasteiger partial charge in [-0.25, -0.2) is 0 Å². The summed E-state index contributed by atoms with van der Waals surface area (Å²) < 4.78 is 0. The zero-order valence-electron chi connectivity index (χ0n) is 17.1. The number of rotatable bonds is 7. The molecule has 0 aliphatic rings. The van der Waals surface area contributed by atoms with E-state index in [2.05, 4.69) is 102 Å². The molecule has 0 aromatic heterocycles. The lowest BCUT2D eigenvalue weighted by atomic mass is 9.57. The van der Waals surface area contributed by atoms with Crippen LogP contribution in [0, 0.1) is 10.8 Å². The Labute approximate surface area is 155 Å². The maximum atomic E-state index is 2.45. The van der Waals surface area contributed by atoms with E-state index in [-0.39, 0.29) is 10.8 Å². The largest absolute Gasteiger partial charge is 0.0622 e. The van der Waals surface area contributed by atoms with Gasteiger partial charge in [-0.05, 0) is 34.8 Å². The molecule has 0 saturated carbocycles. The second-order valence-corrected chi connectivity index (χ2v) is 9.51. The van der Waals surface area contributed by atoms with Crippen LogP contribution in [-0.4, -0.2) is 0 Å². The van der Waals surface area contributed by atoms with Crippen molar-refractivity contribution in [2.24, 2.45) is 10.8 Å². The molecule has 0 unspecified atom stereocenters. The van der Waals surface area contributed by atoms with Gasteiger partial charge < -0.3 is 0 Å². The highest BCUT2D eigenvalue weighted by Crippen LogP contribution is 2.49. The molecule has 136 valence electrons. The molecule has 0 bridgehead atoms. The number of benzene rings is 2. The third-order valence-corrected chi connectivity index (χ3v) is 6.03. The van der Waals surface area contributed by atoms with Gasteiger partial charge in [-0.1, -0.05) is 115 Å². The minimum atomic E-state index is 0.0112. The minimum absolute atomic E-state index is 0.0112. The molecule has 0 spiro atoms. The van der Waals surface area contributed by atoms with E-state index in [1.165, 1.54) is 36.8 Å². The molecule has 0 atom stereocenters. The van der Waals surface area contributed by atoms with Crippen LogP contribution in [0.2, 0.25) is 0 Å². The first kappa shape index (κ1) is 19.8. The van der Waals surface area contributed by atoms with Crippen LogP contribution in [0.25, 0.3) is 0 Å². The van der Waals surface area contributed by atoms with Crippen molar-refractivity contribution in [1.82, 2.24) is 0 Å². The molecule has 2 aromatic carbocycles. The van der Waals surface area contributed by atoms with Crippen molar-refractivity contribution in [1.29, 1.82) is 0 Å². The van der Waals surface area contributed by atoms with E-state index in [1.807, 2.05) is 0 Å². The van der Waals surface area contributed by atoms with Gasteiger partial charge in [0.1, 0.15) is 0 Å². The van der Waals surface area contributed by atoms with Gasteiger partial charge in [-0.15, -0.1) is 0 Å². The smallest absolute Gasteiger partial charge is 0.0225 e. The normalized spacial score (nSPS) is 13.0. The summed E-state index contributed by atoms with van der Waals surface area (Å²) in [5.74, 6) is 0. The van der Waals surface area contributed by atoms with Crippen LogP contribution in [-0.2, 0) is 5.41 Å². The summed E-state index contributed by atoms with van der Waals surface area (Å²) in [6, 6.07) is 22.1. The highest BCUT2D eigenvalue weighted by molar-refractivity contribution is 5.40. The van der Waals surface area contributed by atoms with Crippen molar-refractivity contribution >= 4 is 0 Å². The summed E-state index contributed by atoms with van der Waals surface area (Å²) in [7, 11) is 0. The molecule has 0 aliphatic heterocycles. The maximum absolute atomic E-state index is 2.45. The van der Waals surface area contributed by atoms with Crippen molar-refractivity contribution < 1.29 is 0 Å². The molecule has 0 amide bonds. The Morgan fingerprint density at radius 3 is 1.36 bits per heavy atom. The molecule has 0 heteroatoms. The topological polar surface area (TPSA) is 0 Å². The summed E-state index contributed by atoms with van der Waals surface area (Å²) in [6.45, 7) is 14.4. The van der Waals surface area contributed by atoms with Crippen LogP contribution in [0.3, 0.4) is 0 Å². The lowest BCUT2D eigenvalue weighted by Gasteiger charge is -2.46. The maximum Gasteiger partial charge on any atom is 0.0225 e. The Morgan fingerprint density at radius 2 is 0.960 bits per heavy atom. The van der Waals surface area contributed by atoms with E-state index in [4.69, 9.17) is 0 Å². The summed E-state index contributed by atoms with van der Waals surface area (Å²) >= 11 is 0. The second kappa shape index (κ2) is 7.77.